The molecule has 0 fully saturated rings. The summed E-state index contributed by atoms with van der Waals surface area (Å²) < 4.78 is 71.4. The van der Waals surface area contributed by atoms with Gasteiger partial charge in [0.1, 0.15) is 5.76 Å². The molecule has 25 heteroatoms. The minimum Gasteiger partial charge on any atom is -0.476 e. The van der Waals surface area contributed by atoms with Crippen molar-refractivity contribution in [2.45, 2.75) is 66.5 Å². The number of anilines is 4. The number of carboxylic acids is 1. The molecule has 0 aliphatic rings. The topological polar surface area (TPSA) is 265 Å². The van der Waals surface area contributed by atoms with Gasteiger partial charge in [-0.25, -0.2) is 34.0 Å². The molecule has 0 aliphatic heterocycles. The number of allylic oxidation sites excluding steroid dienone is 1. The van der Waals surface area contributed by atoms with Crippen LogP contribution in [0.25, 0.3) is 0 Å². The van der Waals surface area contributed by atoms with Gasteiger partial charge in [0.05, 0.1) is 6.07 Å². The van der Waals surface area contributed by atoms with Crippen LogP contribution in [-0.2, 0) is 15.1 Å². The van der Waals surface area contributed by atoms with Crippen LogP contribution in [-0.4, -0.2) is 48.4 Å². The van der Waals surface area contributed by atoms with E-state index in [-0.39, 0.29) is 50.6 Å². The zero-order valence-corrected chi connectivity index (χ0v) is 30.6. The fourth-order valence-corrected chi connectivity index (χ4v) is 3.01. The van der Waals surface area contributed by atoms with Crippen LogP contribution >= 0.6 is 31.0 Å². The molecule has 288 valence electrons. The van der Waals surface area contributed by atoms with E-state index < -0.39 is 36.9 Å². The number of amides is 1. The maximum Gasteiger partial charge on any atom is 0.358 e. The summed E-state index contributed by atoms with van der Waals surface area (Å²) in [4.78, 5) is 48.3. The van der Waals surface area contributed by atoms with Gasteiger partial charge in [-0.15, -0.1) is 0 Å². The Kier molecular flexibility index (Phi) is 14.6. The van der Waals surface area contributed by atoms with E-state index in [2.05, 4.69) is 46.0 Å². The van der Waals surface area contributed by atoms with Crippen molar-refractivity contribution in [3.8, 4) is 0 Å². The quantitative estimate of drug-likeness (QED) is 0.0424. The number of hydrogen-bond donors (Lipinski definition) is 6. The van der Waals surface area contributed by atoms with Crippen molar-refractivity contribution < 1.29 is 58.7 Å². The number of esters is 1. The molecule has 3 aromatic heterocycles. The second-order valence-electron chi connectivity index (χ2n) is 11.9. The first-order chi connectivity index (χ1) is 22.5. The summed E-state index contributed by atoms with van der Waals surface area (Å²) in [5, 5.41) is 10.9. The number of carbonyl (C=O) groups is 3. The van der Waals surface area contributed by atoms with Crippen molar-refractivity contribution in [3.05, 3.63) is 51.6 Å². The van der Waals surface area contributed by atoms with Crippen molar-refractivity contribution in [2.75, 3.05) is 22.9 Å². The van der Waals surface area contributed by atoms with Gasteiger partial charge in [-0.1, -0.05) is 23.2 Å². The van der Waals surface area contributed by atoms with Crippen molar-refractivity contribution in [1.29, 1.82) is 0 Å². The second-order valence-corrected chi connectivity index (χ2v) is 14.6. The fraction of sp³-hybridized carbons (Fsp3) is 0.385. The van der Waals surface area contributed by atoms with E-state index in [1.165, 1.54) is 6.92 Å². The molecule has 3 rings (SSSR count). The number of hydrogen-bond acceptors (Lipinski definition) is 13. The van der Waals surface area contributed by atoms with E-state index >= 15 is 0 Å². The van der Waals surface area contributed by atoms with Gasteiger partial charge >= 0.3 is 44.9 Å². The van der Waals surface area contributed by atoms with Crippen LogP contribution in [0.3, 0.4) is 0 Å². The number of carbonyl (C=O) groups excluding carboxylic acids is 2. The third-order valence-electron chi connectivity index (χ3n) is 4.64. The Morgan fingerprint density at radius 1 is 0.863 bits per heavy atom. The fourth-order valence-electron chi connectivity index (χ4n) is 2.75. The normalized spacial score (nSPS) is 13.0. The number of carboxylic acid groups (broad SMARTS) is 1. The molecule has 16 nitrogen and oxygen atoms in total. The first-order valence-electron chi connectivity index (χ1n) is 13.6. The monoisotopic (exact) mass is 800 g/mol. The van der Waals surface area contributed by atoms with Gasteiger partial charge in [-0.05, 0) is 32.4 Å². The zero-order valence-electron chi connectivity index (χ0n) is 28.2. The molecular weight excluding hydrogens is 764 g/mol. The molecule has 0 atom stereocenters. The molecule has 0 aliphatic carbocycles. The number of halogens is 8. The molecule has 51 heavy (non-hydrogen) atoms. The van der Waals surface area contributed by atoms with E-state index in [1.807, 2.05) is 44.7 Å². The summed E-state index contributed by atoms with van der Waals surface area (Å²) in [6.45, 7) is 15.2. The van der Waals surface area contributed by atoms with E-state index in [1.54, 1.807) is 0 Å². The molecular formula is C26H37Cl2F6N10O6P. The molecule has 0 radical (unpaired) electrons. The van der Waals surface area contributed by atoms with Gasteiger partial charge in [-0.2, -0.15) is 0 Å². The molecule has 0 bridgehead atoms. The molecule has 10 N–H and O–H groups in total. The smallest absolute Gasteiger partial charge is 0.358 e. The number of nitrogens with zero attached hydrogens (tertiary/aromatic N) is 5. The van der Waals surface area contributed by atoms with Gasteiger partial charge < -0.3 is 38.1 Å². The van der Waals surface area contributed by atoms with Gasteiger partial charge in [0.2, 0.25) is 17.6 Å². The standard InChI is InChI=1S/C13H18ClN5O3.C8H14NO.C5H5ClN4O2.F6P/c1-6(5-7(20)19-13(2,3)4)22-12(21)8-10(15)18-11(16)9(14)17-8;1-7-5-6-9(10-7)8(2,3)4;6-2-4(8)10-3(7)1(9-2)5(11)12;1-7(2,3,4,5)6/h5H,1-4H3,(H,19,20)(H4,15,16,18);5-6H,1-4H3;(H,11,12)(H4,7,8,10);/q;+1;;-1/b6-5+;;;. The van der Waals surface area contributed by atoms with Gasteiger partial charge in [-0.3, -0.25) is 4.79 Å². The van der Waals surface area contributed by atoms with E-state index in [0.717, 1.165) is 11.8 Å². The summed E-state index contributed by atoms with van der Waals surface area (Å²) >= 11 is 11.1. The van der Waals surface area contributed by atoms with Gasteiger partial charge in [0.25, 0.3) is 0 Å². The molecule has 0 spiro atoms. The van der Waals surface area contributed by atoms with Crippen molar-refractivity contribution >= 4 is 72.1 Å². The number of aryl methyl sites for hydroxylation is 1. The van der Waals surface area contributed by atoms with Gasteiger partial charge in [0, 0.05) is 39.3 Å². The van der Waals surface area contributed by atoms with E-state index in [9.17, 15) is 39.6 Å². The molecule has 3 aromatic rings. The van der Waals surface area contributed by atoms with Gasteiger partial charge in [0.15, 0.2) is 50.7 Å². The third-order valence-corrected chi connectivity index (χ3v) is 5.20. The molecule has 1 amide bonds. The van der Waals surface area contributed by atoms with E-state index in [0.29, 0.717) is 0 Å². The molecule has 0 saturated heterocycles. The van der Waals surface area contributed by atoms with Crippen molar-refractivity contribution in [3.63, 3.8) is 0 Å². The SMILES string of the molecule is C/C(=C\C(=O)NC(C)(C)C)OC(=O)c1nc(Cl)c(N)nc1N.Cc1cc[n+](C(C)(C)C)o1.F[P-](F)(F)(F)(F)F.Nc1nc(N)c(C(=O)O)nc1Cl. The Morgan fingerprint density at radius 2 is 1.27 bits per heavy atom. The summed E-state index contributed by atoms with van der Waals surface area (Å²) in [6, 6.07) is 1.96. The number of ether oxygens (including phenoxy) is 1. The number of aromatic carboxylic acids is 1. The van der Waals surface area contributed by atoms with Crippen molar-refractivity contribution in [1.82, 2.24) is 25.3 Å². The summed E-state index contributed by atoms with van der Waals surface area (Å²) in [6.07, 6.45) is 3.10. The molecule has 3 heterocycles. The Morgan fingerprint density at radius 3 is 1.61 bits per heavy atom. The molecule has 0 saturated carbocycles. The first kappa shape index (κ1) is 46.3. The van der Waals surface area contributed by atoms with Crippen LogP contribution in [0, 0.1) is 6.92 Å². The predicted molar refractivity (Wildman–Crippen MR) is 178 cm³/mol. The Hall–Kier alpha value is -4.69. The molecule has 0 unspecified atom stereocenters. The Bertz CT molecular complexity index is 1770. The zero-order chi connectivity index (χ0) is 40.6. The average molecular weight is 802 g/mol. The van der Waals surface area contributed by atoms with Crippen LogP contribution < -0.4 is 33.0 Å². The summed E-state index contributed by atoms with van der Waals surface area (Å²) in [5.74, 6) is -2.18. The van der Waals surface area contributed by atoms with Crippen LogP contribution in [0.4, 0.5) is 48.5 Å². The third kappa shape index (κ3) is 21.2. The Balaban J connectivity index is 0.000000723. The summed E-state index contributed by atoms with van der Waals surface area (Å²) in [5.41, 5.74) is 20.4. The largest absolute Gasteiger partial charge is 0.476 e. The average Bonchev–Trinajstić information content (AvgIpc) is 3.33. The van der Waals surface area contributed by atoms with E-state index in [4.69, 9.17) is 60.5 Å². The van der Waals surface area contributed by atoms with Crippen LogP contribution in [0.2, 0.25) is 10.3 Å². The second kappa shape index (κ2) is 16.1. The van der Waals surface area contributed by atoms with Crippen LogP contribution in [0.5, 0.6) is 0 Å². The van der Waals surface area contributed by atoms with Crippen LogP contribution in [0.1, 0.15) is 75.2 Å². The number of nitrogen functional groups attached to an aromatic ring is 4. The first-order valence-corrected chi connectivity index (χ1v) is 16.4. The minimum atomic E-state index is -10.7. The van der Waals surface area contributed by atoms with Crippen molar-refractivity contribution in [2.24, 2.45) is 0 Å². The number of aromatic nitrogens is 5. The molecule has 0 aromatic carbocycles. The number of nitrogens with one attached hydrogen (secondary N) is 1. The van der Waals surface area contributed by atoms with Crippen LogP contribution in [0.15, 0.2) is 28.6 Å². The minimum absolute atomic E-state index is 0.0637. The predicted octanol–water partition coefficient (Wildman–Crippen LogP) is 6.28. The maximum absolute atomic E-state index is 11.9. The maximum atomic E-state index is 11.9. The summed E-state index contributed by atoms with van der Waals surface area (Å²) in [7, 11) is -10.7. The number of rotatable bonds is 4. The Labute approximate surface area is 296 Å². The number of nitrogens with two attached hydrogens (primary N) is 4.